The Morgan fingerprint density at radius 2 is 2.42 bits per heavy atom. The third-order valence-electron chi connectivity index (χ3n) is 4.47. The molecule has 2 aromatic rings. The van der Waals surface area contributed by atoms with Crippen molar-refractivity contribution in [3.63, 3.8) is 0 Å². The molecule has 1 amide bonds. The third kappa shape index (κ3) is 4.00. The highest BCUT2D eigenvalue weighted by molar-refractivity contribution is 5.93. The highest BCUT2D eigenvalue weighted by Gasteiger charge is 2.30. The molecule has 8 nitrogen and oxygen atoms in total. The summed E-state index contributed by atoms with van der Waals surface area (Å²) in [6.07, 6.45) is 6.31. The molecular weight excluding hydrogens is 308 g/mol. The fraction of sp³-hybridized carbons (Fsp3) is 0.625. The lowest BCUT2D eigenvalue weighted by Crippen LogP contribution is -2.49. The summed E-state index contributed by atoms with van der Waals surface area (Å²) >= 11 is 0. The number of carbonyl (C=O) groups excluding carboxylic acids is 1. The topological polar surface area (TPSA) is 89.1 Å². The van der Waals surface area contributed by atoms with E-state index in [1.54, 1.807) is 25.6 Å². The summed E-state index contributed by atoms with van der Waals surface area (Å²) in [5, 5.41) is 10.9. The van der Waals surface area contributed by atoms with Gasteiger partial charge in [0.05, 0.1) is 6.04 Å². The first-order valence-electron chi connectivity index (χ1n) is 8.46. The number of piperidine rings is 1. The Kier molecular flexibility index (Phi) is 5.24. The number of nitrogens with one attached hydrogen (secondary N) is 1. The monoisotopic (exact) mass is 332 g/mol. The number of nitrogens with zero attached hydrogens (tertiary/aromatic N) is 5. The van der Waals surface area contributed by atoms with Gasteiger partial charge in [-0.15, -0.1) is 0 Å². The number of anilines is 1. The fourth-order valence-electron chi connectivity index (χ4n) is 3.37. The van der Waals surface area contributed by atoms with Crippen molar-refractivity contribution in [2.45, 2.75) is 45.7 Å². The molecule has 1 N–H and O–H groups in total. The van der Waals surface area contributed by atoms with E-state index in [9.17, 15) is 4.79 Å². The molecule has 1 aliphatic heterocycles. The van der Waals surface area contributed by atoms with E-state index >= 15 is 0 Å². The Hall–Kier alpha value is -2.22. The predicted molar refractivity (Wildman–Crippen MR) is 88.3 cm³/mol. The van der Waals surface area contributed by atoms with Crippen molar-refractivity contribution >= 4 is 11.7 Å². The average Bonchev–Trinajstić information content (AvgIpc) is 3.20. The minimum absolute atomic E-state index is 0.0211. The maximum Gasteiger partial charge on any atom is 0.242 e. The standard InChI is InChI=1S/C16H24N6O2/c1-3-14(16(23)19-15-7-12(2)24-20-15)21-6-4-5-13(8-21)9-22-11-17-10-18-22/h7,10-11,13-14H,3-6,8-9H2,1-2H3,(H,19,20,23)/t13-,14+/m1/s1. The fourth-order valence-corrected chi connectivity index (χ4v) is 3.37. The summed E-state index contributed by atoms with van der Waals surface area (Å²) in [7, 11) is 0. The first-order valence-corrected chi connectivity index (χ1v) is 8.46. The number of hydrogen-bond donors (Lipinski definition) is 1. The zero-order valence-corrected chi connectivity index (χ0v) is 14.2. The summed E-state index contributed by atoms with van der Waals surface area (Å²) in [5.74, 6) is 1.63. The minimum Gasteiger partial charge on any atom is -0.360 e. The van der Waals surface area contributed by atoms with E-state index in [0.29, 0.717) is 17.5 Å². The number of rotatable bonds is 6. The molecule has 130 valence electrons. The van der Waals surface area contributed by atoms with E-state index in [4.69, 9.17) is 4.52 Å². The van der Waals surface area contributed by atoms with Gasteiger partial charge in [-0.2, -0.15) is 5.10 Å². The number of aryl methyl sites for hydroxylation is 1. The maximum absolute atomic E-state index is 12.6. The molecule has 1 fully saturated rings. The molecule has 24 heavy (non-hydrogen) atoms. The molecule has 2 atom stereocenters. The van der Waals surface area contributed by atoms with E-state index < -0.39 is 0 Å². The largest absolute Gasteiger partial charge is 0.360 e. The molecular formula is C16H24N6O2. The van der Waals surface area contributed by atoms with Crippen LogP contribution in [0.5, 0.6) is 0 Å². The summed E-state index contributed by atoms with van der Waals surface area (Å²) in [6.45, 7) is 6.52. The summed E-state index contributed by atoms with van der Waals surface area (Å²) < 4.78 is 6.87. The summed E-state index contributed by atoms with van der Waals surface area (Å²) in [4.78, 5) is 18.9. The highest BCUT2D eigenvalue weighted by atomic mass is 16.5. The van der Waals surface area contributed by atoms with Crippen LogP contribution >= 0.6 is 0 Å². The van der Waals surface area contributed by atoms with Gasteiger partial charge >= 0.3 is 0 Å². The molecule has 0 aliphatic carbocycles. The number of amides is 1. The molecule has 1 saturated heterocycles. The van der Waals surface area contributed by atoms with Crippen LogP contribution in [0.2, 0.25) is 0 Å². The number of carbonyl (C=O) groups is 1. The van der Waals surface area contributed by atoms with Gasteiger partial charge in [-0.3, -0.25) is 14.4 Å². The second-order valence-corrected chi connectivity index (χ2v) is 6.36. The van der Waals surface area contributed by atoms with E-state index in [2.05, 4.69) is 25.5 Å². The van der Waals surface area contributed by atoms with Crippen molar-refractivity contribution in [2.24, 2.45) is 5.92 Å². The Labute approximate surface area is 141 Å². The van der Waals surface area contributed by atoms with Crippen molar-refractivity contribution in [1.82, 2.24) is 24.8 Å². The van der Waals surface area contributed by atoms with Crippen molar-refractivity contribution in [1.29, 1.82) is 0 Å². The zero-order chi connectivity index (χ0) is 16.9. The van der Waals surface area contributed by atoms with Crippen LogP contribution in [0.25, 0.3) is 0 Å². The smallest absolute Gasteiger partial charge is 0.242 e. The Morgan fingerprint density at radius 3 is 3.08 bits per heavy atom. The van der Waals surface area contributed by atoms with Crippen LogP contribution in [0.1, 0.15) is 31.9 Å². The van der Waals surface area contributed by atoms with Crippen LogP contribution in [0.4, 0.5) is 5.82 Å². The first kappa shape index (κ1) is 16.6. The molecule has 2 aromatic heterocycles. The lowest BCUT2D eigenvalue weighted by molar-refractivity contribution is -0.122. The maximum atomic E-state index is 12.6. The molecule has 3 heterocycles. The minimum atomic E-state index is -0.152. The predicted octanol–water partition coefficient (Wildman–Crippen LogP) is 1.70. The Bertz CT molecular complexity index is 653. The van der Waals surface area contributed by atoms with E-state index in [-0.39, 0.29) is 11.9 Å². The van der Waals surface area contributed by atoms with Gasteiger partial charge in [-0.05, 0) is 38.6 Å². The lowest BCUT2D eigenvalue weighted by Gasteiger charge is -2.37. The van der Waals surface area contributed by atoms with Crippen LogP contribution < -0.4 is 5.32 Å². The lowest BCUT2D eigenvalue weighted by atomic mass is 9.96. The second-order valence-electron chi connectivity index (χ2n) is 6.36. The molecule has 0 radical (unpaired) electrons. The molecule has 0 saturated carbocycles. The van der Waals surface area contributed by atoms with Gasteiger partial charge in [0.2, 0.25) is 5.91 Å². The molecule has 8 heteroatoms. The van der Waals surface area contributed by atoms with E-state index in [1.807, 2.05) is 11.6 Å². The molecule has 0 unspecified atom stereocenters. The van der Waals surface area contributed by atoms with Gasteiger partial charge < -0.3 is 9.84 Å². The van der Waals surface area contributed by atoms with Gasteiger partial charge in [0, 0.05) is 19.2 Å². The highest BCUT2D eigenvalue weighted by Crippen LogP contribution is 2.22. The van der Waals surface area contributed by atoms with Gasteiger partial charge in [0.1, 0.15) is 18.4 Å². The van der Waals surface area contributed by atoms with Crippen LogP contribution in [0.15, 0.2) is 23.2 Å². The molecule has 0 bridgehead atoms. The number of likely N-dealkylation sites (tertiary alicyclic amines) is 1. The Morgan fingerprint density at radius 1 is 1.54 bits per heavy atom. The number of aromatic nitrogens is 4. The molecule has 0 spiro atoms. The summed E-state index contributed by atoms with van der Waals surface area (Å²) in [5.41, 5.74) is 0. The normalized spacial score (nSPS) is 20.0. The summed E-state index contributed by atoms with van der Waals surface area (Å²) in [6, 6.07) is 1.58. The third-order valence-corrected chi connectivity index (χ3v) is 4.47. The van der Waals surface area contributed by atoms with Gasteiger partial charge in [-0.25, -0.2) is 4.98 Å². The van der Waals surface area contributed by atoms with Crippen molar-refractivity contribution in [3.05, 3.63) is 24.5 Å². The van der Waals surface area contributed by atoms with E-state index in [0.717, 1.165) is 38.9 Å². The number of hydrogen-bond acceptors (Lipinski definition) is 6. The molecule has 0 aromatic carbocycles. The SMILES string of the molecule is CC[C@@H](C(=O)Nc1cc(C)on1)N1CCC[C@@H](Cn2cncn2)C1. The van der Waals surface area contributed by atoms with Gasteiger partial charge in [0.25, 0.3) is 0 Å². The van der Waals surface area contributed by atoms with Crippen molar-refractivity contribution in [3.8, 4) is 0 Å². The van der Waals surface area contributed by atoms with Gasteiger partial charge in [-0.1, -0.05) is 12.1 Å². The van der Waals surface area contributed by atoms with Gasteiger partial charge in [0.15, 0.2) is 5.82 Å². The Balaban J connectivity index is 1.60. The molecule has 3 rings (SSSR count). The van der Waals surface area contributed by atoms with Crippen LogP contribution in [0, 0.1) is 12.8 Å². The van der Waals surface area contributed by atoms with Crippen molar-refractivity contribution < 1.29 is 9.32 Å². The van der Waals surface area contributed by atoms with Crippen LogP contribution in [-0.4, -0.2) is 49.9 Å². The van der Waals surface area contributed by atoms with Crippen LogP contribution in [-0.2, 0) is 11.3 Å². The quantitative estimate of drug-likeness (QED) is 0.866. The first-order chi connectivity index (χ1) is 11.7. The van der Waals surface area contributed by atoms with Crippen LogP contribution in [0.3, 0.4) is 0 Å². The second kappa shape index (κ2) is 7.57. The van der Waals surface area contributed by atoms with Crippen molar-refractivity contribution in [2.75, 3.05) is 18.4 Å². The molecule has 1 aliphatic rings. The zero-order valence-electron chi connectivity index (χ0n) is 14.2. The van der Waals surface area contributed by atoms with E-state index in [1.165, 1.54) is 0 Å². The average molecular weight is 332 g/mol.